The Morgan fingerprint density at radius 3 is 2.70 bits per heavy atom. The number of nitrogens with zero attached hydrogens (tertiary/aromatic N) is 1. The maximum absolute atomic E-state index is 12.0. The number of ether oxygens (including phenoxy) is 1. The van der Waals surface area contributed by atoms with Gasteiger partial charge in [-0.2, -0.15) is 12.7 Å². The third-order valence-corrected chi connectivity index (χ3v) is 4.96. The Bertz CT molecular complexity index is 354. The van der Waals surface area contributed by atoms with E-state index in [-0.39, 0.29) is 6.10 Å². The van der Waals surface area contributed by atoms with Crippen molar-refractivity contribution in [3.8, 4) is 0 Å². The van der Waals surface area contributed by atoms with Gasteiger partial charge < -0.3 is 10.1 Å². The van der Waals surface area contributed by atoms with Crippen molar-refractivity contribution >= 4 is 10.2 Å². The summed E-state index contributed by atoms with van der Waals surface area (Å²) < 4.78 is 33.5. The summed E-state index contributed by atoms with van der Waals surface area (Å²) in [4.78, 5) is 0. The fourth-order valence-corrected chi connectivity index (χ4v) is 3.11. The van der Waals surface area contributed by atoms with Gasteiger partial charge in [0, 0.05) is 32.8 Å². The molecule has 1 aliphatic rings. The Hall–Kier alpha value is -0.210. The predicted molar refractivity (Wildman–Crippen MR) is 80.9 cm³/mol. The second kappa shape index (κ2) is 8.94. The molecule has 0 aromatic carbocycles. The highest BCUT2D eigenvalue weighted by Crippen LogP contribution is 2.14. The molecule has 2 N–H and O–H groups in total. The SMILES string of the molecule is CC(C)NCCCN(C)S(=O)(=O)NCCC1CCCO1. The number of rotatable bonds is 10. The van der Waals surface area contributed by atoms with Crippen molar-refractivity contribution in [1.29, 1.82) is 0 Å². The van der Waals surface area contributed by atoms with Gasteiger partial charge in [0.05, 0.1) is 6.10 Å². The van der Waals surface area contributed by atoms with E-state index in [1.165, 1.54) is 4.31 Å². The lowest BCUT2D eigenvalue weighted by Gasteiger charge is -2.19. The molecule has 0 amide bonds. The molecule has 1 heterocycles. The van der Waals surface area contributed by atoms with Crippen molar-refractivity contribution in [3.63, 3.8) is 0 Å². The van der Waals surface area contributed by atoms with Crippen LogP contribution in [-0.4, -0.2) is 58.2 Å². The van der Waals surface area contributed by atoms with E-state index in [0.717, 1.165) is 38.8 Å². The Morgan fingerprint density at radius 1 is 1.35 bits per heavy atom. The quantitative estimate of drug-likeness (QED) is 0.583. The molecular formula is C13H29N3O3S. The summed E-state index contributed by atoms with van der Waals surface area (Å²) in [5, 5.41) is 3.27. The number of hydrogen-bond acceptors (Lipinski definition) is 4. The lowest BCUT2D eigenvalue weighted by atomic mass is 10.2. The first-order chi connectivity index (χ1) is 9.42. The highest BCUT2D eigenvalue weighted by molar-refractivity contribution is 7.87. The van der Waals surface area contributed by atoms with Crippen LogP contribution in [-0.2, 0) is 14.9 Å². The van der Waals surface area contributed by atoms with Crippen molar-refractivity contribution in [2.75, 3.05) is 33.3 Å². The van der Waals surface area contributed by atoms with E-state index in [1.807, 2.05) is 0 Å². The standard InChI is InChI=1S/C13H29N3O3S/c1-12(2)14-8-5-10-16(3)20(17,18)15-9-7-13-6-4-11-19-13/h12-15H,4-11H2,1-3H3. The smallest absolute Gasteiger partial charge is 0.279 e. The molecule has 120 valence electrons. The van der Waals surface area contributed by atoms with Gasteiger partial charge in [-0.15, -0.1) is 0 Å². The van der Waals surface area contributed by atoms with E-state index >= 15 is 0 Å². The van der Waals surface area contributed by atoms with Crippen molar-refractivity contribution in [3.05, 3.63) is 0 Å². The summed E-state index contributed by atoms with van der Waals surface area (Å²) >= 11 is 0. The van der Waals surface area contributed by atoms with Crippen LogP contribution in [0.3, 0.4) is 0 Å². The molecule has 0 bridgehead atoms. The van der Waals surface area contributed by atoms with Gasteiger partial charge in [-0.05, 0) is 32.2 Å². The van der Waals surface area contributed by atoms with Gasteiger partial charge in [0.25, 0.3) is 10.2 Å². The van der Waals surface area contributed by atoms with Crippen molar-refractivity contribution in [2.24, 2.45) is 0 Å². The van der Waals surface area contributed by atoms with Crippen molar-refractivity contribution in [1.82, 2.24) is 14.3 Å². The highest BCUT2D eigenvalue weighted by atomic mass is 32.2. The molecule has 0 radical (unpaired) electrons. The molecule has 6 nitrogen and oxygen atoms in total. The largest absolute Gasteiger partial charge is 0.378 e. The second-order valence-electron chi connectivity index (χ2n) is 5.61. The van der Waals surface area contributed by atoms with Crippen molar-refractivity contribution < 1.29 is 13.2 Å². The van der Waals surface area contributed by atoms with Gasteiger partial charge >= 0.3 is 0 Å². The second-order valence-corrected chi connectivity index (χ2v) is 7.47. The molecular weight excluding hydrogens is 278 g/mol. The van der Waals surface area contributed by atoms with Crippen LogP contribution in [0.15, 0.2) is 0 Å². The molecule has 1 rings (SSSR count). The molecule has 0 aromatic heterocycles. The van der Waals surface area contributed by atoms with Crippen LogP contribution < -0.4 is 10.0 Å². The fourth-order valence-electron chi connectivity index (χ4n) is 2.14. The molecule has 0 aromatic rings. The molecule has 0 aliphatic carbocycles. The topological polar surface area (TPSA) is 70.7 Å². The zero-order chi connectivity index (χ0) is 15.0. The Labute approximate surface area is 123 Å². The Kier molecular flexibility index (Phi) is 7.98. The monoisotopic (exact) mass is 307 g/mol. The zero-order valence-electron chi connectivity index (χ0n) is 12.9. The molecule has 1 fully saturated rings. The maximum Gasteiger partial charge on any atom is 0.279 e. The van der Waals surface area contributed by atoms with Gasteiger partial charge in [0.1, 0.15) is 0 Å². The van der Waals surface area contributed by atoms with Gasteiger partial charge in [-0.3, -0.25) is 0 Å². The number of nitrogens with one attached hydrogen (secondary N) is 2. The zero-order valence-corrected chi connectivity index (χ0v) is 13.7. The average molecular weight is 307 g/mol. The molecule has 1 saturated heterocycles. The summed E-state index contributed by atoms with van der Waals surface area (Å²) in [6.45, 7) is 6.75. The van der Waals surface area contributed by atoms with Crippen LogP contribution in [0, 0.1) is 0 Å². The molecule has 0 spiro atoms. The van der Waals surface area contributed by atoms with Crippen LogP contribution in [0.25, 0.3) is 0 Å². The first-order valence-corrected chi connectivity index (χ1v) is 8.91. The summed E-state index contributed by atoms with van der Waals surface area (Å²) in [5.41, 5.74) is 0. The van der Waals surface area contributed by atoms with Crippen LogP contribution >= 0.6 is 0 Å². The summed E-state index contributed by atoms with van der Waals surface area (Å²) in [6, 6.07) is 0.432. The molecule has 7 heteroatoms. The van der Waals surface area contributed by atoms with Crippen LogP contribution in [0.2, 0.25) is 0 Å². The first kappa shape index (κ1) is 17.8. The maximum atomic E-state index is 12.0. The normalized spacial score (nSPS) is 20.1. The van der Waals surface area contributed by atoms with E-state index in [4.69, 9.17) is 4.74 Å². The van der Waals surface area contributed by atoms with Gasteiger partial charge in [-0.1, -0.05) is 13.8 Å². The van der Waals surface area contributed by atoms with Gasteiger partial charge in [0.2, 0.25) is 0 Å². The van der Waals surface area contributed by atoms with Crippen LogP contribution in [0.4, 0.5) is 0 Å². The van der Waals surface area contributed by atoms with E-state index < -0.39 is 10.2 Å². The fraction of sp³-hybridized carbons (Fsp3) is 1.00. The minimum Gasteiger partial charge on any atom is -0.378 e. The summed E-state index contributed by atoms with van der Waals surface area (Å²) in [6.07, 6.45) is 3.90. The first-order valence-electron chi connectivity index (χ1n) is 7.47. The highest BCUT2D eigenvalue weighted by Gasteiger charge is 2.19. The third kappa shape index (κ3) is 6.99. The van der Waals surface area contributed by atoms with Gasteiger partial charge in [0.15, 0.2) is 0 Å². The van der Waals surface area contributed by atoms with E-state index in [1.54, 1.807) is 7.05 Å². The van der Waals surface area contributed by atoms with E-state index in [2.05, 4.69) is 23.9 Å². The van der Waals surface area contributed by atoms with Crippen LogP contribution in [0.5, 0.6) is 0 Å². The Balaban J connectivity index is 2.17. The summed E-state index contributed by atoms with van der Waals surface area (Å²) in [7, 11) is -1.74. The lowest BCUT2D eigenvalue weighted by Crippen LogP contribution is -2.40. The van der Waals surface area contributed by atoms with Gasteiger partial charge in [-0.25, -0.2) is 4.72 Å². The molecule has 0 saturated carbocycles. The minimum atomic E-state index is -3.35. The molecule has 1 atom stereocenters. The lowest BCUT2D eigenvalue weighted by molar-refractivity contribution is 0.105. The van der Waals surface area contributed by atoms with Crippen molar-refractivity contribution in [2.45, 2.75) is 51.7 Å². The Morgan fingerprint density at radius 2 is 2.10 bits per heavy atom. The molecule has 1 aliphatic heterocycles. The van der Waals surface area contributed by atoms with Crippen LogP contribution in [0.1, 0.15) is 39.5 Å². The summed E-state index contributed by atoms with van der Waals surface area (Å²) in [5.74, 6) is 0. The molecule has 1 unspecified atom stereocenters. The van der Waals surface area contributed by atoms with E-state index in [9.17, 15) is 8.42 Å². The number of hydrogen-bond donors (Lipinski definition) is 2. The predicted octanol–water partition coefficient (Wildman–Crippen LogP) is 0.710. The molecule has 20 heavy (non-hydrogen) atoms. The third-order valence-electron chi connectivity index (χ3n) is 3.39. The van der Waals surface area contributed by atoms with E-state index in [0.29, 0.717) is 19.1 Å². The average Bonchev–Trinajstić information content (AvgIpc) is 2.87. The minimum absolute atomic E-state index is 0.221.